The van der Waals surface area contributed by atoms with Crippen LogP contribution in [0.15, 0.2) is 12.1 Å². The van der Waals surface area contributed by atoms with Crippen molar-refractivity contribution in [2.75, 3.05) is 0 Å². The zero-order valence-corrected chi connectivity index (χ0v) is 16.1. The Balaban J connectivity index is 2.14. The fourth-order valence-corrected chi connectivity index (χ4v) is 5.77. The number of hydrogen-bond acceptors (Lipinski definition) is 4. The lowest BCUT2D eigenvalue weighted by atomic mass is 10.3. The molecule has 2 rings (SSSR count). The molecular weight excluding hydrogens is 600 g/mol. The first-order valence-electron chi connectivity index (χ1n) is 4.31. The molecule has 1 heterocycles. The van der Waals surface area contributed by atoms with Crippen LogP contribution in [-0.2, 0) is 6.61 Å². The van der Waals surface area contributed by atoms with Gasteiger partial charge in [0.05, 0.1) is 7.14 Å². The molecule has 3 nitrogen and oxygen atoms in total. The first kappa shape index (κ1) is 14.5. The van der Waals surface area contributed by atoms with Crippen molar-refractivity contribution >= 4 is 90.7 Å². The minimum atomic E-state index is 0.400. The number of benzene rings is 1. The summed E-state index contributed by atoms with van der Waals surface area (Å²) in [6.45, 7) is 0.400. The summed E-state index contributed by atoms with van der Waals surface area (Å²) in [5, 5.41) is 8.43. The molecule has 0 aliphatic heterocycles. The van der Waals surface area contributed by atoms with Crippen molar-refractivity contribution in [2.45, 2.75) is 6.61 Å². The molecule has 90 valence electrons. The summed E-state index contributed by atoms with van der Waals surface area (Å²) in [7, 11) is 0. The second kappa shape index (κ2) is 6.48. The van der Waals surface area contributed by atoms with Crippen LogP contribution in [-0.4, -0.2) is 10.2 Å². The minimum absolute atomic E-state index is 0.400. The third-order valence-electron chi connectivity index (χ3n) is 1.75. The van der Waals surface area contributed by atoms with E-state index in [9.17, 15) is 0 Å². The maximum Gasteiger partial charge on any atom is 0.207 e. The normalized spacial score (nSPS) is 10.6. The van der Waals surface area contributed by atoms with E-state index < -0.39 is 0 Å². The Labute approximate surface area is 148 Å². The predicted octanol–water partition coefficient (Wildman–Crippen LogP) is 4.58. The van der Waals surface area contributed by atoms with E-state index in [-0.39, 0.29) is 0 Å². The minimum Gasteiger partial charge on any atom is -0.484 e. The van der Waals surface area contributed by atoms with Gasteiger partial charge in [-0.3, -0.25) is 0 Å². The van der Waals surface area contributed by atoms with E-state index >= 15 is 0 Å². The lowest BCUT2D eigenvalue weighted by molar-refractivity contribution is 0.300. The van der Waals surface area contributed by atoms with Crippen molar-refractivity contribution in [2.24, 2.45) is 0 Å². The zero-order chi connectivity index (χ0) is 12.4. The highest BCUT2D eigenvalue weighted by Gasteiger charge is 2.10. The smallest absolute Gasteiger partial charge is 0.207 e. The van der Waals surface area contributed by atoms with Gasteiger partial charge in [0.2, 0.25) is 4.47 Å². The summed E-state index contributed by atoms with van der Waals surface area (Å²) in [6.07, 6.45) is 0. The van der Waals surface area contributed by atoms with E-state index in [0.29, 0.717) is 11.1 Å². The van der Waals surface area contributed by atoms with E-state index in [4.69, 9.17) is 16.3 Å². The van der Waals surface area contributed by atoms with Crippen molar-refractivity contribution in [3.8, 4) is 5.75 Å². The molecule has 0 fully saturated rings. The van der Waals surface area contributed by atoms with E-state index in [1.165, 1.54) is 14.9 Å². The lowest BCUT2D eigenvalue weighted by Crippen LogP contribution is -1.99. The van der Waals surface area contributed by atoms with Gasteiger partial charge in [-0.15, -0.1) is 10.2 Å². The summed E-state index contributed by atoms with van der Waals surface area (Å²) in [5.74, 6) is 0.887. The van der Waals surface area contributed by atoms with Gasteiger partial charge in [-0.2, -0.15) is 0 Å². The Hall–Kier alpha value is 1.06. The van der Waals surface area contributed by atoms with Crippen LogP contribution in [0.1, 0.15) is 5.01 Å². The molecule has 0 aliphatic rings. The molecule has 0 aliphatic carbocycles. The van der Waals surface area contributed by atoms with Crippen molar-refractivity contribution in [1.82, 2.24) is 10.2 Å². The Morgan fingerprint density at radius 3 is 2.35 bits per heavy atom. The van der Waals surface area contributed by atoms with Gasteiger partial charge < -0.3 is 4.74 Å². The molecule has 2 aromatic rings. The monoisotopic (exact) mass is 604 g/mol. The first-order chi connectivity index (χ1) is 8.06. The highest BCUT2D eigenvalue weighted by Crippen LogP contribution is 2.30. The van der Waals surface area contributed by atoms with Gasteiger partial charge in [0.15, 0.2) is 5.01 Å². The van der Waals surface area contributed by atoms with Crippen LogP contribution >= 0.6 is 90.7 Å². The van der Waals surface area contributed by atoms with Gasteiger partial charge in [0, 0.05) is 3.57 Å². The second-order valence-corrected chi connectivity index (χ2v) is 8.15. The fourth-order valence-electron chi connectivity index (χ4n) is 1.09. The molecule has 0 radical (unpaired) electrons. The first-order valence-corrected chi connectivity index (χ1v) is 8.74. The molecule has 0 saturated heterocycles. The highest BCUT2D eigenvalue weighted by atomic mass is 127. The predicted molar refractivity (Wildman–Crippen MR) is 93.8 cm³/mol. The highest BCUT2D eigenvalue weighted by molar-refractivity contribution is 14.1. The lowest BCUT2D eigenvalue weighted by Gasteiger charge is -2.09. The standard InChI is InChI=1S/C9H4ClI3N2OS/c10-9-15-14-7(17-9)3-16-8-5(12)1-4(11)2-6(8)13/h1-2H,3H2. The summed E-state index contributed by atoms with van der Waals surface area (Å²) in [6, 6.07) is 4.15. The zero-order valence-electron chi connectivity index (χ0n) is 8.08. The molecule has 0 bridgehead atoms. The Morgan fingerprint density at radius 2 is 1.82 bits per heavy atom. The number of hydrogen-bond donors (Lipinski definition) is 0. The van der Waals surface area contributed by atoms with Crippen molar-refractivity contribution in [1.29, 1.82) is 0 Å². The number of aromatic nitrogens is 2. The molecule has 0 saturated carbocycles. The Bertz CT molecular complexity index is 526. The molecule has 8 heteroatoms. The van der Waals surface area contributed by atoms with Crippen molar-refractivity contribution in [3.63, 3.8) is 0 Å². The van der Waals surface area contributed by atoms with E-state index in [2.05, 4.69) is 90.1 Å². The van der Waals surface area contributed by atoms with Crippen molar-refractivity contribution in [3.05, 3.63) is 32.3 Å². The molecule has 1 aromatic heterocycles. The quantitative estimate of drug-likeness (QED) is 0.482. The molecule has 0 unspecified atom stereocenters. The molecule has 0 spiro atoms. The van der Waals surface area contributed by atoms with Gasteiger partial charge >= 0.3 is 0 Å². The summed E-state index contributed by atoms with van der Waals surface area (Å²) in [4.78, 5) is 0. The van der Waals surface area contributed by atoms with Crippen LogP contribution < -0.4 is 4.74 Å². The van der Waals surface area contributed by atoms with Crippen LogP contribution in [0.4, 0.5) is 0 Å². The van der Waals surface area contributed by atoms with Crippen LogP contribution in [0.3, 0.4) is 0 Å². The molecule has 0 atom stereocenters. The fraction of sp³-hybridized carbons (Fsp3) is 0.111. The average molecular weight is 604 g/mol. The van der Waals surface area contributed by atoms with Gasteiger partial charge in [-0.1, -0.05) is 11.3 Å². The maximum atomic E-state index is 5.75. The van der Waals surface area contributed by atoms with Crippen LogP contribution in [0.25, 0.3) is 0 Å². The van der Waals surface area contributed by atoms with Gasteiger partial charge in [0.25, 0.3) is 0 Å². The third kappa shape index (κ3) is 4.01. The number of ether oxygens (including phenoxy) is 1. The van der Waals surface area contributed by atoms with E-state index in [1.54, 1.807) is 0 Å². The third-order valence-corrected chi connectivity index (χ3v) is 4.96. The van der Waals surface area contributed by atoms with E-state index in [1.807, 2.05) is 0 Å². The summed E-state index contributed by atoms with van der Waals surface area (Å²) < 4.78 is 9.57. The van der Waals surface area contributed by atoms with E-state index in [0.717, 1.165) is 17.9 Å². The summed E-state index contributed by atoms with van der Waals surface area (Å²) in [5.41, 5.74) is 0. The molecular formula is C9H4ClI3N2OS. The van der Waals surface area contributed by atoms with Crippen LogP contribution in [0.5, 0.6) is 5.75 Å². The number of halogens is 4. The topological polar surface area (TPSA) is 35.0 Å². The van der Waals surface area contributed by atoms with Crippen LogP contribution in [0.2, 0.25) is 4.47 Å². The van der Waals surface area contributed by atoms with Crippen molar-refractivity contribution < 1.29 is 4.74 Å². The Kier molecular flexibility index (Phi) is 5.51. The molecule has 1 aromatic carbocycles. The second-order valence-electron chi connectivity index (χ2n) is 2.94. The van der Waals surface area contributed by atoms with Gasteiger partial charge in [0.1, 0.15) is 12.4 Å². The number of rotatable bonds is 3. The van der Waals surface area contributed by atoms with Gasteiger partial charge in [-0.05, 0) is 91.5 Å². The molecule has 0 amide bonds. The summed E-state index contributed by atoms with van der Waals surface area (Å²) >= 11 is 13.9. The Morgan fingerprint density at radius 1 is 1.18 bits per heavy atom. The SMILES string of the molecule is Clc1nnc(COc2c(I)cc(I)cc2I)s1. The maximum absolute atomic E-state index is 5.75. The number of nitrogens with zero attached hydrogens (tertiary/aromatic N) is 2. The average Bonchev–Trinajstić information content (AvgIpc) is 2.62. The van der Waals surface area contributed by atoms with Gasteiger partial charge in [-0.25, -0.2) is 0 Å². The molecule has 17 heavy (non-hydrogen) atoms. The van der Waals surface area contributed by atoms with Crippen LogP contribution in [0, 0.1) is 10.7 Å². The molecule has 0 N–H and O–H groups in total. The largest absolute Gasteiger partial charge is 0.484 e.